The molecule has 0 bridgehead atoms. The van der Waals surface area contributed by atoms with E-state index in [-0.39, 0.29) is 11.8 Å². The van der Waals surface area contributed by atoms with E-state index in [0.717, 1.165) is 0 Å². The molecule has 0 heterocycles. The highest BCUT2D eigenvalue weighted by Gasteiger charge is 2.14. The fourth-order valence-electron chi connectivity index (χ4n) is 1.03. The van der Waals surface area contributed by atoms with Gasteiger partial charge in [-0.1, -0.05) is 26.0 Å². The number of benzene rings is 1. The number of imide groups is 1. The molecule has 1 aromatic carbocycles. The van der Waals surface area contributed by atoms with Crippen molar-refractivity contribution in [1.82, 2.24) is 5.32 Å². The highest BCUT2D eigenvalue weighted by molar-refractivity contribution is 6.07. The molecule has 0 atom stereocenters. The Balaban J connectivity index is 2.79. The van der Waals surface area contributed by atoms with Crippen molar-refractivity contribution in [3.05, 3.63) is 29.8 Å². The van der Waals surface area contributed by atoms with E-state index < -0.39 is 5.91 Å². The number of nitrogens with two attached hydrogens (primary N) is 1. The van der Waals surface area contributed by atoms with E-state index in [2.05, 4.69) is 5.32 Å². The summed E-state index contributed by atoms with van der Waals surface area (Å²) in [6.45, 7) is 3.44. The first-order valence-electron chi connectivity index (χ1n) is 4.72. The number of carbonyl (C=O) groups excluding carboxylic acids is 2. The van der Waals surface area contributed by atoms with Gasteiger partial charge in [-0.05, 0) is 12.1 Å². The summed E-state index contributed by atoms with van der Waals surface area (Å²) >= 11 is 0. The second-order valence-electron chi connectivity index (χ2n) is 3.56. The average molecular weight is 206 g/mol. The first-order chi connectivity index (χ1) is 7.02. The standard InChI is InChI=1S/C11H14N2O2/c1-7(2)10(14)13-11(15)8-5-3-4-6-9(8)12/h3-7H,12H2,1-2H3,(H,13,14,15). The monoisotopic (exact) mass is 206 g/mol. The highest BCUT2D eigenvalue weighted by Crippen LogP contribution is 2.10. The zero-order valence-corrected chi connectivity index (χ0v) is 8.78. The van der Waals surface area contributed by atoms with Crippen molar-refractivity contribution in [2.24, 2.45) is 5.92 Å². The van der Waals surface area contributed by atoms with Crippen LogP contribution in [0.15, 0.2) is 24.3 Å². The van der Waals surface area contributed by atoms with Gasteiger partial charge in [-0.3, -0.25) is 14.9 Å². The summed E-state index contributed by atoms with van der Waals surface area (Å²) in [5, 5.41) is 2.28. The van der Waals surface area contributed by atoms with Gasteiger partial charge in [0.2, 0.25) is 5.91 Å². The van der Waals surface area contributed by atoms with Crippen LogP contribution in [0.4, 0.5) is 5.69 Å². The Hall–Kier alpha value is -1.84. The van der Waals surface area contributed by atoms with Crippen LogP contribution in [-0.2, 0) is 4.79 Å². The molecule has 4 heteroatoms. The molecule has 0 saturated heterocycles. The van der Waals surface area contributed by atoms with Gasteiger partial charge in [0.15, 0.2) is 0 Å². The molecule has 0 spiro atoms. The Morgan fingerprint density at radius 2 is 1.87 bits per heavy atom. The average Bonchev–Trinajstić information content (AvgIpc) is 2.18. The van der Waals surface area contributed by atoms with Gasteiger partial charge in [0.25, 0.3) is 5.91 Å². The van der Waals surface area contributed by atoms with Gasteiger partial charge in [0, 0.05) is 11.6 Å². The zero-order valence-electron chi connectivity index (χ0n) is 8.78. The lowest BCUT2D eigenvalue weighted by Crippen LogP contribution is -2.34. The molecule has 0 aliphatic heterocycles. The maximum Gasteiger partial charge on any atom is 0.259 e. The van der Waals surface area contributed by atoms with Crippen LogP contribution in [-0.4, -0.2) is 11.8 Å². The van der Waals surface area contributed by atoms with Crippen molar-refractivity contribution in [3.8, 4) is 0 Å². The second-order valence-corrected chi connectivity index (χ2v) is 3.56. The van der Waals surface area contributed by atoms with Crippen LogP contribution >= 0.6 is 0 Å². The fraction of sp³-hybridized carbons (Fsp3) is 0.273. The van der Waals surface area contributed by atoms with E-state index in [0.29, 0.717) is 11.3 Å². The van der Waals surface area contributed by atoms with Gasteiger partial charge >= 0.3 is 0 Å². The number of amides is 2. The van der Waals surface area contributed by atoms with Crippen LogP contribution in [0, 0.1) is 5.92 Å². The van der Waals surface area contributed by atoms with Gasteiger partial charge in [-0.25, -0.2) is 0 Å². The maximum absolute atomic E-state index is 11.6. The quantitative estimate of drug-likeness (QED) is 0.714. The molecule has 0 fully saturated rings. The van der Waals surface area contributed by atoms with Crippen molar-refractivity contribution in [3.63, 3.8) is 0 Å². The molecule has 15 heavy (non-hydrogen) atoms. The Morgan fingerprint density at radius 3 is 2.40 bits per heavy atom. The number of nitrogens with one attached hydrogen (secondary N) is 1. The topological polar surface area (TPSA) is 72.2 Å². The second kappa shape index (κ2) is 4.59. The first-order valence-corrected chi connectivity index (χ1v) is 4.72. The van der Waals surface area contributed by atoms with Crippen molar-refractivity contribution >= 4 is 17.5 Å². The number of para-hydroxylation sites is 1. The molecule has 0 saturated carbocycles. The number of hydrogen-bond donors (Lipinski definition) is 2. The third-order valence-corrected chi connectivity index (χ3v) is 1.97. The summed E-state index contributed by atoms with van der Waals surface area (Å²) in [5.74, 6) is -0.978. The van der Waals surface area contributed by atoms with Gasteiger partial charge in [0.1, 0.15) is 0 Å². The third kappa shape index (κ3) is 2.80. The molecule has 0 aliphatic rings. The minimum Gasteiger partial charge on any atom is -0.398 e. The summed E-state index contributed by atoms with van der Waals surface area (Å²) < 4.78 is 0. The van der Waals surface area contributed by atoms with Crippen molar-refractivity contribution < 1.29 is 9.59 Å². The first kappa shape index (κ1) is 11.2. The number of anilines is 1. The summed E-state index contributed by atoms with van der Waals surface area (Å²) in [4.78, 5) is 22.8. The Labute approximate surface area is 88.5 Å². The van der Waals surface area contributed by atoms with Crippen LogP contribution in [0.25, 0.3) is 0 Å². The SMILES string of the molecule is CC(C)C(=O)NC(=O)c1ccccc1N. The van der Waals surface area contributed by atoms with Crippen LogP contribution in [0.2, 0.25) is 0 Å². The molecule has 0 radical (unpaired) electrons. The van der Waals surface area contributed by atoms with Crippen molar-refractivity contribution in [2.75, 3.05) is 5.73 Å². The Bertz CT molecular complexity index is 386. The summed E-state index contributed by atoms with van der Waals surface area (Å²) in [6, 6.07) is 6.63. The molecular weight excluding hydrogens is 192 g/mol. The van der Waals surface area contributed by atoms with E-state index in [1.165, 1.54) is 0 Å². The van der Waals surface area contributed by atoms with E-state index in [1.807, 2.05) is 0 Å². The lowest BCUT2D eigenvalue weighted by atomic mass is 10.1. The Kier molecular flexibility index (Phi) is 3.44. The molecule has 1 aromatic rings. The van der Waals surface area contributed by atoms with Crippen molar-refractivity contribution in [1.29, 1.82) is 0 Å². The van der Waals surface area contributed by atoms with Gasteiger partial charge in [0.05, 0.1) is 5.56 Å². The highest BCUT2D eigenvalue weighted by atomic mass is 16.2. The fourth-order valence-corrected chi connectivity index (χ4v) is 1.03. The predicted octanol–water partition coefficient (Wildman–Crippen LogP) is 1.18. The molecule has 80 valence electrons. The van der Waals surface area contributed by atoms with Gasteiger partial charge < -0.3 is 5.73 Å². The van der Waals surface area contributed by atoms with E-state index in [1.54, 1.807) is 38.1 Å². The zero-order chi connectivity index (χ0) is 11.4. The molecule has 2 amide bonds. The molecule has 0 aliphatic carbocycles. The number of rotatable bonds is 2. The van der Waals surface area contributed by atoms with E-state index in [9.17, 15) is 9.59 Å². The lowest BCUT2D eigenvalue weighted by Gasteiger charge is -2.07. The third-order valence-electron chi connectivity index (χ3n) is 1.97. The van der Waals surface area contributed by atoms with Crippen LogP contribution in [0.5, 0.6) is 0 Å². The smallest absolute Gasteiger partial charge is 0.259 e. The van der Waals surface area contributed by atoms with Crippen LogP contribution in [0.1, 0.15) is 24.2 Å². The molecule has 1 rings (SSSR count). The van der Waals surface area contributed by atoms with Crippen LogP contribution in [0.3, 0.4) is 0 Å². The summed E-state index contributed by atoms with van der Waals surface area (Å²) in [7, 11) is 0. The summed E-state index contributed by atoms with van der Waals surface area (Å²) in [6.07, 6.45) is 0. The molecule has 0 aromatic heterocycles. The molecule has 4 nitrogen and oxygen atoms in total. The van der Waals surface area contributed by atoms with Gasteiger partial charge in [-0.2, -0.15) is 0 Å². The van der Waals surface area contributed by atoms with Crippen LogP contribution < -0.4 is 11.1 Å². The van der Waals surface area contributed by atoms with E-state index >= 15 is 0 Å². The molecular formula is C11H14N2O2. The van der Waals surface area contributed by atoms with Crippen molar-refractivity contribution in [2.45, 2.75) is 13.8 Å². The molecule has 0 unspecified atom stereocenters. The van der Waals surface area contributed by atoms with Gasteiger partial charge in [-0.15, -0.1) is 0 Å². The normalized spacial score (nSPS) is 10.1. The molecule has 3 N–H and O–H groups in total. The minimum absolute atomic E-state index is 0.223. The largest absolute Gasteiger partial charge is 0.398 e. The predicted molar refractivity (Wildman–Crippen MR) is 58.2 cm³/mol. The van der Waals surface area contributed by atoms with E-state index in [4.69, 9.17) is 5.73 Å². The Morgan fingerprint density at radius 1 is 1.27 bits per heavy atom. The number of hydrogen-bond acceptors (Lipinski definition) is 3. The number of carbonyl (C=O) groups is 2. The minimum atomic E-state index is -0.452. The number of nitrogen functional groups attached to an aromatic ring is 1. The maximum atomic E-state index is 11.6. The lowest BCUT2D eigenvalue weighted by molar-refractivity contribution is -0.122. The summed E-state index contributed by atoms with van der Waals surface area (Å²) in [5.41, 5.74) is 6.29.